The van der Waals surface area contributed by atoms with E-state index in [1.165, 1.54) is 0 Å². The summed E-state index contributed by atoms with van der Waals surface area (Å²) in [6, 6.07) is 17.5. The zero-order valence-corrected chi connectivity index (χ0v) is 20.1. The minimum atomic E-state index is -0.138. The summed E-state index contributed by atoms with van der Waals surface area (Å²) in [4.78, 5) is 17.8. The zero-order valence-electron chi connectivity index (χ0n) is 19.3. The second-order valence-corrected chi connectivity index (χ2v) is 9.43. The molecule has 3 aromatic rings. The molecule has 0 aliphatic carbocycles. The summed E-state index contributed by atoms with van der Waals surface area (Å²) < 4.78 is 6.10. The summed E-state index contributed by atoms with van der Waals surface area (Å²) in [5.74, 6) is 0.805. The van der Waals surface area contributed by atoms with Gasteiger partial charge in [-0.2, -0.15) is 0 Å². The third-order valence-electron chi connectivity index (χ3n) is 6.49. The van der Waals surface area contributed by atoms with Gasteiger partial charge in [-0.05, 0) is 55.3 Å². The third-order valence-corrected chi connectivity index (χ3v) is 6.72. The van der Waals surface area contributed by atoms with Gasteiger partial charge < -0.3 is 14.7 Å². The number of hydrogen-bond donors (Lipinski definition) is 1. The minimum absolute atomic E-state index is 0.138. The van der Waals surface area contributed by atoms with Gasteiger partial charge in [0, 0.05) is 43.4 Å². The topological polar surface area (TPSA) is 53.0 Å². The van der Waals surface area contributed by atoms with Gasteiger partial charge in [0.2, 0.25) is 5.78 Å². The number of anilines is 1. The number of aryl methyl sites for hydroxylation is 2. The van der Waals surface area contributed by atoms with Crippen LogP contribution >= 0.6 is 11.6 Å². The van der Waals surface area contributed by atoms with Crippen molar-refractivity contribution in [3.8, 4) is 11.5 Å². The Labute approximate surface area is 204 Å². The molecule has 0 aromatic heterocycles. The van der Waals surface area contributed by atoms with Crippen LogP contribution in [-0.2, 0) is 6.54 Å². The molecule has 0 unspecified atom stereocenters. The van der Waals surface area contributed by atoms with E-state index in [4.69, 9.17) is 16.3 Å². The average Bonchev–Trinajstić information content (AvgIpc) is 3.13. The van der Waals surface area contributed by atoms with Crippen LogP contribution in [0.2, 0.25) is 5.02 Å². The van der Waals surface area contributed by atoms with Crippen LogP contribution in [-0.4, -0.2) is 42.0 Å². The summed E-state index contributed by atoms with van der Waals surface area (Å²) in [7, 11) is 0. The SMILES string of the molecule is Cc1cccc(/C=C2\Oc3c(CN4CCN(c5cccc(Cl)c5)CC4)c(O)cc(C)c3C2=O)c1. The second-order valence-electron chi connectivity index (χ2n) is 8.99. The molecule has 0 bridgehead atoms. The van der Waals surface area contributed by atoms with Crippen molar-refractivity contribution < 1.29 is 14.6 Å². The van der Waals surface area contributed by atoms with Crippen LogP contribution in [0.4, 0.5) is 5.69 Å². The average molecular weight is 475 g/mol. The van der Waals surface area contributed by atoms with Crippen LogP contribution in [0.1, 0.15) is 32.6 Å². The van der Waals surface area contributed by atoms with Crippen molar-refractivity contribution >= 4 is 29.1 Å². The molecule has 2 aliphatic rings. The van der Waals surface area contributed by atoms with Crippen molar-refractivity contribution in [2.45, 2.75) is 20.4 Å². The minimum Gasteiger partial charge on any atom is -0.507 e. The van der Waals surface area contributed by atoms with Crippen LogP contribution in [0, 0.1) is 13.8 Å². The van der Waals surface area contributed by atoms with E-state index in [0.717, 1.165) is 53.6 Å². The van der Waals surface area contributed by atoms with Crippen molar-refractivity contribution in [2.24, 2.45) is 0 Å². The van der Waals surface area contributed by atoms with Gasteiger partial charge in [0.25, 0.3) is 0 Å². The second kappa shape index (κ2) is 9.16. The predicted molar refractivity (Wildman–Crippen MR) is 136 cm³/mol. The van der Waals surface area contributed by atoms with Crippen LogP contribution < -0.4 is 9.64 Å². The molecule has 3 aromatic carbocycles. The van der Waals surface area contributed by atoms with Crippen molar-refractivity contribution in [2.75, 3.05) is 31.1 Å². The third kappa shape index (κ3) is 4.41. The van der Waals surface area contributed by atoms with E-state index in [0.29, 0.717) is 29.2 Å². The fourth-order valence-corrected chi connectivity index (χ4v) is 4.89. The number of aromatic hydroxyl groups is 1. The monoisotopic (exact) mass is 474 g/mol. The highest BCUT2D eigenvalue weighted by Gasteiger charge is 2.34. The first-order valence-electron chi connectivity index (χ1n) is 11.5. The number of halogens is 1. The normalized spacial score (nSPS) is 17.2. The first kappa shape index (κ1) is 22.5. The Balaban J connectivity index is 1.36. The van der Waals surface area contributed by atoms with E-state index in [1.807, 2.05) is 56.3 Å². The molecule has 34 heavy (non-hydrogen) atoms. The Kier molecular flexibility index (Phi) is 6.07. The summed E-state index contributed by atoms with van der Waals surface area (Å²) in [5.41, 5.74) is 5.08. The van der Waals surface area contributed by atoms with Gasteiger partial charge in [0.15, 0.2) is 5.76 Å². The van der Waals surface area contributed by atoms with Gasteiger partial charge in [-0.3, -0.25) is 9.69 Å². The Morgan fingerprint density at radius 3 is 2.53 bits per heavy atom. The van der Waals surface area contributed by atoms with Crippen LogP contribution in [0.5, 0.6) is 11.5 Å². The van der Waals surface area contributed by atoms with Crippen molar-refractivity contribution in [1.82, 2.24) is 4.90 Å². The van der Waals surface area contributed by atoms with Crippen molar-refractivity contribution in [3.05, 3.63) is 93.2 Å². The van der Waals surface area contributed by atoms with Gasteiger partial charge in [0.05, 0.1) is 11.1 Å². The Morgan fingerprint density at radius 1 is 1.03 bits per heavy atom. The first-order valence-corrected chi connectivity index (χ1v) is 11.9. The number of hydrogen-bond acceptors (Lipinski definition) is 5. The number of piperazine rings is 1. The van der Waals surface area contributed by atoms with Gasteiger partial charge >= 0.3 is 0 Å². The van der Waals surface area contributed by atoms with Gasteiger partial charge in [0.1, 0.15) is 11.5 Å². The smallest absolute Gasteiger partial charge is 0.232 e. The fraction of sp³-hybridized carbons (Fsp3) is 0.250. The molecule has 6 heteroatoms. The first-order chi connectivity index (χ1) is 16.4. The molecule has 1 fully saturated rings. The van der Waals surface area contributed by atoms with Crippen LogP contribution in [0.25, 0.3) is 6.08 Å². The van der Waals surface area contributed by atoms with Gasteiger partial charge in [-0.1, -0.05) is 47.5 Å². The largest absolute Gasteiger partial charge is 0.507 e. The Bertz CT molecular complexity index is 1290. The van der Waals surface area contributed by atoms with Gasteiger partial charge in [-0.15, -0.1) is 0 Å². The van der Waals surface area contributed by atoms with E-state index in [-0.39, 0.29) is 11.5 Å². The summed E-state index contributed by atoms with van der Waals surface area (Å²) in [5, 5.41) is 11.5. The number of carbonyl (C=O) groups is 1. The maximum absolute atomic E-state index is 13.2. The molecular formula is C28H27ClN2O3. The molecule has 1 N–H and O–H groups in total. The van der Waals surface area contributed by atoms with Crippen LogP contribution in [0.15, 0.2) is 60.4 Å². The number of nitrogens with zero attached hydrogens (tertiary/aromatic N) is 2. The predicted octanol–water partition coefficient (Wildman–Crippen LogP) is 5.60. The number of phenolic OH excluding ortho intramolecular Hbond substituents is 1. The molecule has 0 radical (unpaired) electrons. The van der Waals surface area contributed by atoms with Crippen molar-refractivity contribution in [1.29, 1.82) is 0 Å². The highest BCUT2D eigenvalue weighted by atomic mass is 35.5. The number of rotatable bonds is 4. The number of Topliss-reactive ketones (excluding diaryl/α,β-unsaturated/α-hetero) is 1. The molecule has 2 aliphatic heterocycles. The molecule has 0 saturated carbocycles. The maximum Gasteiger partial charge on any atom is 0.232 e. The molecule has 0 spiro atoms. The van der Waals surface area contributed by atoms with E-state index >= 15 is 0 Å². The molecule has 0 amide bonds. The molecule has 174 valence electrons. The van der Waals surface area contributed by atoms with E-state index in [2.05, 4.69) is 15.9 Å². The molecular weight excluding hydrogens is 448 g/mol. The van der Waals surface area contributed by atoms with Crippen LogP contribution in [0.3, 0.4) is 0 Å². The number of ether oxygens (including phenoxy) is 1. The summed E-state index contributed by atoms with van der Waals surface area (Å²) >= 11 is 6.16. The fourth-order valence-electron chi connectivity index (χ4n) is 4.70. The standard InChI is InChI=1S/C28H27ClN2O3/c1-18-5-3-6-20(13-18)15-25-27(33)26-19(2)14-24(32)23(28(26)34-25)17-30-9-11-31(12-10-30)22-8-4-7-21(29)16-22/h3-8,13-16,32H,9-12,17H2,1-2H3/b25-15-. The molecule has 2 heterocycles. The zero-order chi connectivity index (χ0) is 23.8. The highest BCUT2D eigenvalue weighted by Crippen LogP contribution is 2.42. The van der Waals surface area contributed by atoms with E-state index in [1.54, 1.807) is 12.1 Å². The lowest BCUT2D eigenvalue weighted by Crippen LogP contribution is -2.46. The number of carbonyl (C=O) groups excluding carboxylic acids is 1. The maximum atomic E-state index is 13.2. The van der Waals surface area contributed by atoms with Gasteiger partial charge in [-0.25, -0.2) is 0 Å². The number of fused-ring (bicyclic) bond motifs is 1. The lowest BCUT2D eigenvalue weighted by molar-refractivity contribution is 0.101. The Morgan fingerprint density at radius 2 is 1.79 bits per heavy atom. The number of phenols is 1. The molecule has 0 atom stereocenters. The highest BCUT2D eigenvalue weighted by molar-refractivity contribution is 6.30. The lowest BCUT2D eigenvalue weighted by Gasteiger charge is -2.36. The quantitative estimate of drug-likeness (QED) is 0.499. The Hall–Kier alpha value is -3.28. The number of benzene rings is 3. The molecule has 5 nitrogen and oxygen atoms in total. The molecule has 5 rings (SSSR count). The summed E-state index contributed by atoms with van der Waals surface area (Å²) in [6.07, 6.45) is 1.78. The number of allylic oxidation sites excluding steroid dienone is 1. The molecule has 1 saturated heterocycles. The van der Waals surface area contributed by atoms with E-state index < -0.39 is 0 Å². The number of ketones is 1. The van der Waals surface area contributed by atoms with Crippen molar-refractivity contribution in [3.63, 3.8) is 0 Å². The van der Waals surface area contributed by atoms with E-state index in [9.17, 15) is 9.90 Å². The lowest BCUT2D eigenvalue weighted by atomic mass is 9.99. The summed E-state index contributed by atoms with van der Waals surface area (Å²) in [6.45, 7) is 7.73.